The smallest absolute Gasteiger partial charge is 0.303 e. The largest absolute Gasteiger partial charge is 0.481 e. The maximum Gasteiger partial charge on any atom is 0.303 e. The molecule has 3 fully saturated rings. The Balaban J connectivity index is 0.000000284. The third kappa shape index (κ3) is 10.3. The molecule has 3 nitrogen and oxygen atoms in total. The highest BCUT2D eigenvalue weighted by molar-refractivity contribution is 5.66. The molecule has 0 bridgehead atoms. The van der Waals surface area contributed by atoms with Crippen molar-refractivity contribution in [2.75, 3.05) is 0 Å². The zero-order valence-electron chi connectivity index (χ0n) is 30.2. The fraction of sp³-hybridized carbons (Fsp3) is 0.927. The number of hydrogen-bond donors (Lipinski definition) is 2. The first kappa shape index (κ1) is 37.6. The van der Waals surface area contributed by atoms with Gasteiger partial charge in [0.2, 0.25) is 0 Å². The minimum absolute atomic E-state index is 0.0766. The van der Waals surface area contributed by atoms with Crippen LogP contribution in [0.1, 0.15) is 189 Å². The highest BCUT2D eigenvalue weighted by Gasteiger charge is 2.59. The van der Waals surface area contributed by atoms with Crippen molar-refractivity contribution in [2.24, 2.45) is 46.3 Å². The number of carbonyl (C=O) groups is 1. The summed E-state index contributed by atoms with van der Waals surface area (Å²) in [6, 6.07) is 0. The van der Waals surface area contributed by atoms with E-state index in [4.69, 9.17) is 5.11 Å². The van der Waals surface area contributed by atoms with Crippen molar-refractivity contribution in [1.29, 1.82) is 0 Å². The standard InChI is InChI=1S/C27H46O.C14H28O2/c1-18(2)7-6-8-19(3)23-11-12-24-22-10-9-20-17-21(28)13-15-26(20,4)25(22)14-16-27(23,24)5;1-2-3-4-5-6-7-8-9-10-11-12-13-14(15)16/h9,18-19,21-25,28H,6-8,10-17H2,1-5H3;2-13H2,1H3,(H,15,16)/t19?,21-,22-,23+,24-,25-,26-,27+;/m0./s1. The van der Waals surface area contributed by atoms with Crippen LogP contribution in [0.3, 0.4) is 0 Å². The second-order valence-electron chi connectivity index (χ2n) is 16.9. The predicted molar refractivity (Wildman–Crippen MR) is 188 cm³/mol. The molecule has 256 valence electrons. The van der Waals surface area contributed by atoms with Crippen LogP contribution < -0.4 is 0 Å². The van der Waals surface area contributed by atoms with Crippen molar-refractivity contribution in [3.8, 4) is 0 Å². The number of aliphatic hydroxyl groups excluding tert-OH is 1. The second kappa shape index (κ2) is 18.5. The zero-order valence-corrected chi connectivity index (χ0v) is 30.2. The van der Waals surface area contributed by atoms with E-state index in [9.17, 15) is 9.90 Å². The number of fused-ring (bicyclic) bond motifs is 5. The minimum atomic E-state index is -0.657. The average Bonchev–Trinajstić information content (AvgIpc) is 3.33. The van der Waals surface area contributed by atoms with Gasteiger partial charge in [0.05, 0.1) is 6.10 Å². The second-order valence-corrected chi connectivity index (χ2v) is 16.9. The number of hydrogen-bond acceptors (Lipinski definition) is 2. The van der Waals surface area contributed by atoms with Gasteiger partial charge in [-0.1, -0.05) is 137 Å². The molecular formula is C41H74O3. The van der Waals surface area contributed by atoms with E-state index >= 15 is 0 Å². The molecule has 8 atom stereocenters. The zero-order chi connectivity index (χ0) is 32.2. The van der Waals surface area contributed by atoms with Crippen molar-refractivity contribution in [1.82, 2.24) is 0 Å². The fourth-order valence-electron chi connectivity index (χ4n) is 10.6. The summed E-state index contributed by atoms with van der Waals surface area (Å²) in [7, 11) is 0. The highest BCUT2D eigenvalue weighted by Crippen LogP contribution is 2.67. The predicted octanol–water partition coefficient (Wildman–Crippen LogP) is 12.2. The van der Waals surface area contributed by atoms with Crippen LogP contribution in [-0.4, -0.2) is 22.3 Å². The lowest BCUT2D eigenvalue weighted by atomic mass is 9.47. The van der Waals surface area contributed by atoms with E-state index in [0.717, 1.165) is 61.2 Å². The summed E-state index contributed by atoms with van der Waals surface area (Å²) in [6.45, 7) is 14.8. The molecule has 0 aromatic heterocycles. The molecule has 0 radical (unpaired) electrons. The van der Waals surface area contributed by atoms with Crippen LogP contribution in [0.15, 0.2) is 11.6 Å². The molecule has 2 N–H and O–H groups in total. The number of unbranched alkanes of at least 4 members (excludes halogenated alkanes) is 10. The number of rotatable bonds is 17. The summed E-state index contributed by atoms with van der Waals surface area (Å²) in [6.07, 6.45) is 31.5. The first-order valence-electron chi connectivity index (χ1n) is 19.6. The number of aliphatic hydroxyl groups is 1. The normalized spacial score (nSPS) is 33.5. The average molecular weight is 615 g/mol. The van der Waals surface area contributed by atoms with Crippen molar-refractivity contribution in [3.05, 3.63) is 11.6 Å². The quantitative estimate of drug-likeness (QED) is 0.127. The molecule has 1 unspecified atom stereocenters. The van der Waals surface area contributed by atoms with Crippen LogP contribution in [0.5, 0.6) is 0 Å². The van der Waals surface area contributed by atoms with Crippen LogP contribution in [0.2, 0.25) is 0 Å². The van der Waals surface area contributed by atoms with Crippen molar-refractivity contribution >= 4 is 5.97 Å². The third-order valence-corrected chi connectivity index (χ3v) is 13.3. The Morgan fingerprint density at radius 1 is 0.818 bits per heavy atom. The summed E-state index contributed by atoms with van der Waals surface area (Å²) >= 11 is 0. The first-order valence-corrected chi connectivity index (χ1v) is 19.6. The van der Waals surface area contributed by atoms with Gasteiger partial charge in [-0.15, -0.1) is 0 Å². The topological polar surface area (TPSA) is 57.5 Å². The molecule has 0 saturated heterocycles. The van der Waals surface area contributed by atoms with Crippen LogP contribution in [0, 0.1) is 46.3 Å². The molecule has 3 saturated carbocycles. The molecule has 0 heterocycles. The number of carboxylic acids is 1. The maximum absolute atomic E-state index is 10.3. The molecule has 0 spiro atoms. The van der Waals surface area contributed by atoms with Gasteiger partial charge in [0, 0.05) is 6.42 Å². The molecule has 0 amide bonds. The van der Waals surface area contributed by atoms with Crippen molar-refractivity contribution < 1.29 is 15.0 Å². The van der Waals surface area contributed by atoms with Gasteiger partial charge in [0.25, 0.3) is 0 Å². The van der Waals surface area contributed by atoms with Crippen LogP contribution in [0.25, 0.3) is 0 Å². The molecule has 0 aliphatic heterocycles. The Labute approximate surface area is 273 Å². The Bertz CT molecular complexity index is 862. The van der Waals surface area contributed by atoms with E-state index < -0.39 is 5.97 Å². The van der Waals surface area contributed by atoms with E-state index in [0.29, 0.717) is 17.3 Å². The molecule has 4 rings (SSSR count). The molecule has 4 aliphatic rings. The van der Waals surface area contributed by atoms with Crippen LogP contribution in [0.4, 0.5) is 0 Å². The Kier molecular flexibility index (Phi) is 15.8. The first-order chi connectivity index (χ1) is 21.0. The Hall–Kier alpha value is -0.830. The monoisotopic (exact) mass is 615 g/mol. The van der Waals surface area contributed by atoms with Gasteiger partial charge in [-0.2, -0.15) is 0 Å². The molecule has 44 heavy (non-hydrogen) atoms. The van der Waals surface area contributed by atoms with E-state index in [1.54, 1.807) is 5.57 Å². The summed E-state index contributed by atoms with van der Waals surface area (Å²) in [5.74, 6) is 4.80. The Morgan fingerprint density at radius 2 is 1.45 bits per heavy atom. The Morgan fingerprint density at radius 3 is 2.07 bits per heavy atom. The van der Waals surface area contributed by atoms with Gasteiger partial charge >= 0.3 is 5.97 Å². The van der Waals surface area contributed by atoms with Crippen molar-refractivity contribution in [3.63, 3.8) is 0 Å². The van der Waals surface area contributed by atoms with Gasteiger partial charge in [0.15, 0.2) is 0 Å². The summed E-state index contributed by atoms with van der Waals surface area (Å²) in [4.78, 5) is 10.3. The van der Waals surface area contributed by atoms with E-state index in [2.05, 4.69) is 47.6 Å². The minimum Gasteiger partial charge on any atom is -0.481 e. The van der Waals surface area contributed by atoms with Crippen LogP contribution >= 0.6 is 0 Å². The molecular weight excluding hydrogens is 540 g/mol. The number of carboxylic acid groups (broad SMARTS) is 1. The summed E-state index contributed by atoms with van der Waals surface area (Å²) in [5, 5.41) is 18.7. The van der Waals surface area contributed by atoms with Gasteiger partial charge in [-0.25, -0.2) is 0 Å². The molecule has 0 aromatic rings. The summed E-state index contributed by atoms with van der Waals surface area (Å²) < 4.78 is 0. The number of aliphatic carboxylic acids is 1. The van der Waals surface area contributed by atoms with Crippen LogP contribution in [-0.2, 0) is 4.79 Å². The lowest BCUT2D eigenvalue weighted by Gasteiger charge is -2.58. The van der Waals surface area contributed by atoms with Gasteiger partial charge < -0.3 is 10.2 Å². The van der Waals surface area contributed by atoms with E-state index in [-0.39, 0.29) is 6.10 Å². The van der Waals surface area contributed by atoms with E-state index in [1.807, 2.05) is 0 Å². The fourth-order valence-corrected chi connectivity index (χ4v) is 10.6. The third-order valence-electron chi connectivity index (χ3n) is 13.3. The van der Waals surface area contributed by atoms with Gasteiger partial charge in [-0.05, 0) is 104 Å². The molecule has 4 aliphatic carbocycles. The highest BCUT2D eigenvalue weighted by atomic mass is 16.4. The molecule has 3 heteroatoms. The van der Waals surface area contributed by atoms with E-state index in [1.165, 1.54) is 116 Å². The van der Waals surface area contributed by atoms with Gasteiger partial charge in [-0.3, -0.25) is 4.79 Å². The lowest BCUT2D eigenvalue weighted by molar-refractivity contribution is -0.137. The lowest BCUT2D eigenvalue weighted by Crippen LogP contribution is -2.50. The maximum atomic E-state index is 10.3. The molecule has 0 aromatic carbocycles. The van der Waals surface area contributed by atoms with Gasteiger partial charge in [0.1, 0.15) is 0 Å². The SMILES string of the molecule is CC(C)CCCC(C)[C@H]1CC[C@H]2[C@@H]3CC=C4C[C@@H](O)CC[C@]4(C)[C@H]3CC[C@]12C.CCCCCCCCCCCCCC(=O)O. The number of allylic oxidation sites excluding steroid dienone is 1. The summed E-state index contributed by atoms with van der Waals surface area (Å²) in [5.41, 5.74) is 2.60. The van der Waals surface area contributed by atoms with Crippen molar-refractivity contribution in [2.45, 2.75) is 195 Å².